The Bertz CT molecular complexity index is 1060. The predicted octanol–water partition coefficient (Wildman–Crippen LogP) is 3.74. The van der Waals surface area contributed by atoms with Crippen LogP contribution in [0.2, 0.25) is 0 Å². The van der Waals surface area contributed by atoms with Crippen molar-refractivity contribution in [3.63, 3.8) is 0 Å². The molecule has 32 heavy (non-hydrogen) atoms. The SMILES string of the molecule is O=C(NC1CCN(Cc2ccccc2)CC1)C1CCCn2c(-c3ccc(F)cc3)nnc21. The van der Waals surface area contributed by atoms with E-state index in [0.29, 0.717) is 5.82 Å². The minimum absolute atomic E-state index is 0.0468. The number of hydrogen-bond donors (Lipinski definition) is 1. The van der Waals surface area contributed by atoms with Crippen LogP contribution in [0.1, 0.15) is 43.0 Å². The van der Waals surface area contributed by atoms with Gasteiger partial charge in [0.1, 0.15) is 11.6 Å². The molecule has 166 valence electrons. The number of benzene rings is 2. The zero-order chi connectivity index (χ0) is 21.9. The van der Waals surface area contributed by atoms with Gasteiger partial charge in [-0.25, -0.2) is 4.39 Å². The summed E-state index contributed by atoms with van der Waals surface area (Å²) >= 11 is 0. The van der Waals surface area contributed by atoms with E-state index in [1.165, 1.54) is 17.7 Å². The molecule has 1 saturated heterocycles. The van der Waals surface area contributed by atoms with E-state index in [0.717, 1.165) is 63.3 Å². The van der Waals surface area contributed by atoms with E-state index in [-0.39, 0.29) is 23.7 Å². The summed E-state index contributed by atoms with van der Waals surface area (Å²) in [6, 6.07) is 17.0. The van der Waals surface area contributed by atoms with Gasteiger partial charge >= 0.3 is 0 Å². The third-order valence-corrected chi connectivity index (χ3v) is 6.57. The first-order chi connectivity index (χ1) is 15.7. The Morgan fingerprint density at radius 2 is 1.72 bits per heavy atom. The standard InChI is InChI=1S/C25H28FN5O/c26-20-10-8-19(9-11-20)23-28-29-24-22(7-4-14-31(23)24)25(32)27-21-12-15-30(16-13-21)17-18-5-2-1-3-6-18/h1-3,5-6,8-11,21-22H,4,7,12-17H2,(H,27,32). The van der Waals surface area contributed by atoms with Crippen LogP contribution in [-0.2, 0) is 17.9 Å². The minimum Gasteiger partial charge on any atom is -0.353 e. The van der Waals surface area contributed by atoms with Crippen LogP contribution >= 0.6 is 0 Å². The maximum Gasteiger partial charge on any atom is 0.231 e. The second-order valence-corrected chi connectivity index (χ2v) is 8.78. The van der Waals surface area contributed by atoms with Crippen molar-refractivity contribution < 1.29 is 9.18 Å². The van der Waals surface area contributed by atoms with Crippen LogP contribution in [0.3, 0.4) is 0 Å². The Balaban J connectivity index is 1.21. The fraction of sp³-hybridized carbons (Fsp3) is 0.400. The molecule has 1 fully saturated rings. The van der Waals surface area contributed by atoms with Crippen molar-refractivity contribution in [3.8, 4) is 11.4 Å². The monoisotopic (exact) mass is 433 g/mol. The smallest absolute Gasteiger partial charge is 0.231 e. The Kier molecular flexibility index (Phi) is 5.99. The van der Waals surface area contributed by atoms with Crippen molar-refractivity contribution >= 4 is 5.91 Å². The maximum absolute atomic E-state index is 13.3. The number of fused-ring (bicyclic) bond motifs is 1. The average Bonchev–Trinajstić information content (AvgIpc) is 3.26. The molecule has 1 amide bonds. The molecule has 0 bridgehead atoms. The molecule has 0 aliphatic carbocycles. The van der Waals surface area contributed by atoms with E-state index in [4.69, 9.17) is 0 Å². The number of hydrogen-bond acceptors (Lipinski definition) is 4. The molecule has 2 aromatic carbocycles. The van der Waals surface area contributed by atoms with E-state index in [2.05, 4.69) is 44.7 Å². The average molecular weight is 434 g/mol. The Labute approximate surface area is 187 Å². The summed E-state index contributed by atoms with van der Waals surface area (Å²) in [6.45, 7) is 3.70. The van der Waals surface area contributed by atoms with Gasteiger partial charge in [0.05, 0.1) is 5.92 Å². The third-order valence-electron chi connectivity index (χ3n) is 6.57. The van der Waals surface area contributed by atoms with Gasteiger partial charge < -0.3 is 9.88 Å². The lowest BCUT2D eigenvalue weighted by molar-refractivity contribution is -0.124. The first-order valence-corrected chi connectivity index (χ1v) is 11.4. The molecule has 2 aliphatic rings. The van der Waals surface area contributed by atoms with E-state index in [1.807, 2.05) is 10.6 Å². The lowest BCUT2D eigenvalue weighted by Crippen LogP contribution is -2.46. The maximum atomic E-state index is 13.3. The molecular formula is C25H28FN5O. The summed E-state index contributed by atoms with van der Waals surface area (Å²) in [6.07, 6.45) is 3.59. The highest BCUT2D eigenvalue weighted by molar-refractivity contribution is 5.83. The zero-order valence-electron chi connectivity index (χ0n) is 18.1. The summed E-state index contributed by atoms with van der Waals surface area (Å²) in [4.78, 5) is 15.6. The van der Waals surface area contributed by atoms with Crippen LogP contribution in [0, 0.1) is 5.82 Å². The first kappa shape index (κ1) is 20.8. The highest BCUT2D eigenvalue weighted by atomic mass is 19.1. The molecule has 0 spiro atoms. The van der Waals surface area contributed by atoms with Crippen molar-refractivity contribution in [1.29, 1.82) is 0 Å². The van der Waals surface area contributed by atoms with Crippen molar-refractivity contribution in [2.75, 3.05) is 13.1 Å². The molecule has 1 atom stereocenters. The summed E-state index contributed by atoms with van der Waals surface area (Å²) in [5, 5.41) is 12.0. The molecule has 7 heteroatoms. The molecule has 6 nitrogen and oxygen atoms in total. The normalized spacial score (nSPS) is 19.5. The predicted molar refractivity (Wildman–Crippen MR) is 120 cm³/mol. The number of halogens is 1. The summed E-state index contributed by atoms with van der Waals surface area (Å²) in [5.74, 6) is 0.902. The molecular weight excluding hydrogens is 405 g/mol. The van der Waals surface area contributed by atoms with Gasteiger partial charge in [0.2, 0.25) is 5.91 Å². The minimum atomic E-state index is -0.284. The van der Waals surface area contributed by atoms with Gasteiger partial charge in [0.25, 0.3) is 0 Å². The van der Waals surface area contributed by atoms with Gasteiger partial charge in [-0.1, -0.05) is 30.3 Å². The molecule has 5 rings (SSSR count). The third kappa shape index (κ3) is 4.43. The summed E-state index contributed by atoms with van der Waals surface area (Å²) in [5.41, 5.74) is 2.14. The second kappa shape index (κ2) is 9.20. The van der Waals surface area contributed by atoms with Crippen molar-refractivity contribution in [3.05, 3.63) is 71.8 Å². The van der Waals surface area contributed by atoms with Gasteiger partial charge in [-0.15, -0.1) is 10.2 Å². The van der Waals surface area contributed by atoms with Crippen LogP contribution in [0.25, 0.3) is 11.4 Å². The first-order valence-electron chi connectivity index (χ1n) is 11.4. The van der Waals surface area contributed by atoms with Crippen LogP contribution in [-0.4, -0.2) is 44.7 Å². The number of carbonyl (C=O) groups is 1. The molecule has 2 aliphatic heterocycles. The Hall–Kier alpha value is -3.06. The van der Waals surface area contributed by atoms with Crippen molar-refractivity contribution in [2.24, 2.45) is 0 Å². The number of likely N-dealkylation sites (tertiary alicyclic amines) is 1. The van der Waals surface area contributed by atoms with Gasteiger partial charge in [0.15, 0.2) is 5.82 Å². The molecule has 3 heterocycles. The lowest BCUT2D eigenvalue weighted by Gasteiger charge is -2.33. The second-order valence-electron chi connectivity index (χ2n) is 8.78. The van der Waals surface area contributed by atoms with Gasteiger partial charge in [-0.2, -0.15) is 0 Å². The number of piperidine rings is 1. The van der Waals surface area contributed by atoms with Crippen LogP contribution < -0.4 is 5.32 Å². The number of amides is 1. The number of aromatic nitrogens is 3. The van der Waals surface area contributed by atoms with Crippen molar-refractivity contribution in [1.82, 2.24) is 25.0 Å². The quantitative estimate of drug-likeness (QED) is 0.666. The van der Waals surface area contributed by atoms with Crippen molar-refractivity contribution in [2.45, 2.75) is 50.7 Å². The molecule has 0 radical (unpaired) electrons. The largest absolute Gasteiger partial charge is 0.353 e. The number of rotatable bonds is 5. The summed E-state index contributed by atoms with van der Waals surface area (Å²) < 4.78 is 15.3. The van der Waals surface area contributed by atoms with Gasteiger partial charge in [-0.05, 0) is 55.5 Å². The van der Waals surface area contributed by atoms with Gasteiger partial charge in [0, 0.05) is 37.8 Å². The molecule has 3 aromatic rings. The molecule has 0 saturated carbocycles. The van der Waals surface area contributed by atoms with Crippen LogP contribution in [0.4, 0.5) is 4.39 Å². The summed E-state index contributed by atoms with van der Waals surface area (Å²) in [7, 11) is 0. The van der Waals surface area contributed by atoms with E-state index >= 15 is 0 Å². The van der Waals surface area contributed by atoms with Gasteiger partial charge in [-0.3, -0.25) is 9.69 Å². The van der Waals surface area contributed by atoms with Crippen LogP contribution in [0.15, 0.2) is 54.6 Å². The van der Waals surface area contributed by atoms with Crippen LogP contribution in [0.5, 0.6) is 0 Å². The molecule has 1 N–H and O–H groups in total. The fourth-order valence-electron chi connectivity index (χ4n) is 4.82. The Morgan fingerprint density at radius 3 is 2.47 bits per heavy atom. The molecule has 1 unspecified atom stereocenters. The lowest BCUT2D eigenvalue weighted by atomic mass is 9.96. The molecule has 1 aromatic heterocycles. The van der Waals surface area contributed by atoms with E-state index in [9.17, 15) is 9.18 Å². The van der Waals surface area contributed by atoms with E-state index in [1.54, 1.807) is 12.1 Å². The zero-order valence-corrected chi connectivity index (χ0v) is 18.1. The topological polar surface area (TPSA) is 63.1 Å². The highest BCUT2D eigenvalue weighted by Crippen LogP contribution is 2.30. The number of nitrogens with zero attached hydrogens (tertiary/aromatic N) is 4. The Morgan fingerprint density at radius 1 is 0.969 bits per heavy atom. The number of nitrogens with one attached hydrogen (secondary N) is 1. The number of carbonyl (C=O) groups excluding carboxylic acids is 1. The fourth-order valence-corrected chi connectivity index (χ4v) is 4.82. The van der Waals surface area contributed by atoms with E-state index < -0.39 is 0 Å². The highest BCUT2D eigenvalue weighted by Gasteiger charge is 2.32.